The van der Waals surface area contributed by atoms with Gasteiger partial charge in [0, 0.05) is 23.3 Å². The number of hydrogen-bond donors (Lipinski definition) is 1. The maximum atomic E-state index is 13.0. The molecule has 2 heterocycles. The molecule has 1 atom stereocenters. The number of aliphatic carboxylic acids is 1. The Bertz CT molecular complexity index is 1320. The molecule has 0 spiro atoms. The summed E-state index contributed by atoms with van der Waals surface area (Å²) in [6.45, 7) is 1.65. The van der Waals surface area contributed by atoms with Crippen LogP contribution in [0.1, 0.15) is 22.9 Å². The fraction of sp³-hybridized carbons (Fsp3) is 0.0870. The van der Waals surface area contributed by atoms with Crippen LogP contribution in [0.5, 0.6) is 0 Å². The summed E-state index contributed by atoms with van der Waals surface area (Å²) in [5, 5.41) is 21.0. The maximum Gasteiger partial charge on any atom is 0.331 e. The number of thiocarbonyl (C=S) groups is 1. The molecule has 1 aliphatic heterocycles. The molecule has 1 unspecified atom stereocenters. The average molecular weight is 481 g/mol. The van der Waals surface area contributed by atoms with E-state index in [0.29, 0.717) is 28.2 Å². The first-order valence-electron chi connectivity index (χ1n) is 9.66. The van der Waals surface area contributed by atoms with Crippen molar-refractivity contribution in [3.63, 3.8) is 0 Å². The van der Waals surface area contributed by atoms with Gasteiger partial charge in [0.25, 0.3) is 11.6 Å². The maximum absolute atomic E-state index is 13.0. The zero-order valence-corrected chi connectivity index (χ0v) is 18.8. The van der Waals surface area contributed by atoms with E-state index in [4.69, 9.17) is 16.6 Å². The highest BCUT2D eigenvalue weighted by Gasteiger charge is 2.41. The lowest BCUT2D eigenvalue weighted by Gasteiger charge is -2.23. The number of hydrogen-bond acceptors (Lipinski definition) is 7. The summed E-state index contributed by atoms with van der Waals surface area (Å²) in [7, 11) is 0. The summed E-state index contributed by atoms with van der Waals surface area (Å²) in [4.78, 5) is 37.0. The van der Waals surface area contributed by atoms with Gasteiger partial charge in [-0.1, -0.05) is 66.4 Å². The molecule has 1 aliphatic rings. The fourth-order valence-corrected chi connectivity index (χ4v) is 4.71. The second kappa shape index (κ2) is 9.00. The van der Waals surface area contributed by atoms with E-state index >= 15 is 0 Å². The van der Waals surface area contributed by atoms with Crippen molar-refractivity contribution in [2.45, 2.75) is 13.0 Å². The zero-order valence-electron chi connectivity index (χ0n) is 17.1. The van der Waals surface area contributed by atoms with Crippen LogP contribution in [-0.4, -0.2) is 31.1 Å². The highest BCUT2D eigenvalue weighted by Crippen LogP contribution is 2.39. The van der Waals surface area contributed by atoms with Crippen molar-refractivity contribution in [2.75, 3.05) is 0 Å². The molecule has 0 aliphatic carbocycles. The molecule has 0 radical (unpaired) electrons. The third-order valence-corrected chi connectivity index (χ3v) is 6.35. The SMILES string of the molecule is Cc1ccc(-c2ccc(/C=C3/SC(=S)N(C(C(=O)O)c4ccccc4)C3=O)o2)cc1[N+](=O)[O-]. The molecule has 3 aromatic rings. The number of nitro benzene ring substituents is 1. The number of nitrogens with zero attached hydrogens (tertiary/aromatic N) is 2. The second-order valence-electron chi connectivity index (χ2n) is 7.16. The van der Waals surface area contributed by atoms with Crippen LogP contribution in [0.3, 0.4) is 0 Å². The van der Waals surface area contributed by atoms with Gasteiger partial charge in [-0.25, -0.2) is 4.79 Å². The number of carbonyl (C=O) groups excluding carboxylic acids is 1. The number of thioether (sulfide) groups is 1. The van der Waals surface area contributed by atoms with Gasteiger partial charge in [0.05, 0.1) is 9.83 Å². The Balaban J connectivity index is 1.63. The predicted molar refractivity (Wildman–Crippen MR) is 127 cm³/mol. The normalized spacial score (nSPS) is 15.8. The lowest BCUT2D eigenvalue weighted by molar-refractivity contribution is -0.385. The Kier molecular flexibility index (Phi) is 6.12. The molecule has 166 valence electrons. The van der Waals surface area contributed by atoms with E-state index in [2.05, 4.69) is 0 Å². The lowest BCUT2D eigenvalue weighted by Crippen LogP contribution is -2.37. The van der Waals surface area contributed by atoms with Gasteiger partial charge in [-0.05, 0) is 24.6 Å². The zero-order chi connectivity index (χ0) is 23.7. The molecule has 33 heavy (non-hydrogen) atoms. The molecule has 1 amide bonds. The van der Waals surface area contributed by atoms with Crippen LogP contribution in [0, 0.1) is 17.0 Å². The molecule has 1 aromatic heterocycles. The smallest absolute Gasteiger partial charge is 0.331 e. The van der Waals surface area contributed by atoms with Crippen LogP contribution in [0.2, 0.25) is 0 Å². The van der Waals surface area contributed by atoms with Crippen molar-refractivity contribution in [3.8, 4) is 11.3 Å². The van der Waals surface area contributed by atoms with E-state index < -0.39 is 22.8 Å². The number of rotatable bonds is 6. The third kappa shape index (κ3) is 4.43. The van der Waals surface area contributed by atoms with Crippen molar-refractivity contribution >= 4 is 51.9 Å². The first kappa shape index (κ1) is 22.4. The van der Waals surface area contributed by atoms with Crippen LogP contribution in [-0.2, 0) is 9.59 Å². The summed E-state index contributed by atoms with van der Waals surface area (Å²) in [5.74, 6) is -1.00. The van der Waals surface area contributed by atoms with Crippen LogP contribution >= 0.6 is 24.0 Å². The van der Waals surface area contributed by atoms with Gasteiger partial charge in [0.1, 0.15) is 15.8 Å². The highest BCUT2D eigenvalue weighted by molar-refractivity contribution is 8.26. The molecule has 0 saturated carbocycles. The average Bonchev–Trinajstić information content (AvgIpc) is 3.35. The number of nitro groups is 1. The van der Waals surface area contributed by atoms with Gasteiger partial charge in [0.2, 0.25) is 0 Å². The molecule has 1 fully saturated rings. The molecule has 0 bridgehead atoms. The van der Waals surface area contributed by atoms with Crippen molar-refractivity contribution in [2.24, 2.45) is 0 Å². The van der Waals surface area contributed by atoms with E-state index in [9.17, 15) is 24.8 Å². The van der Waals surface area contributed by atoms with Crippen molar-refractivity contribution in [1.82, 2.24) is 4.90 Å². The minimum Gasteiger partial charge on any atom is -0.479 e. The second-order valence-corrected chi connectivity index (χ2v) is 8.84. The number of carbonyl (C=O) groups is 2. The minimum absolute atomic E-state index is 0.0213. The molecular formula is C23H16N2O6S2. The molecule has 1 saturated heterocycles. The van der Waals surface area contributed by atoms with Crippen LogP contribution in [0.25, 0.3) is 17.4 Å². The van der Waals surface area contributed by atoms with Crippen LogP contribution < -0.4 is 0 Å². The molecule has 2 aromatic carbocycles. The minimum atomic E-state index is -1.25. The Morgan fingerprint density at radius 3 is 2.61 bits per heavy atom. The Morgan fingerprint density at radius 2 is 1.94 bits per heavy atom. The quantitative estimate of drug-likeness (QED) is 0.222. The van der Waals surface area contributed by atoms with Crippen LogP contribution in [0.4, 0.5) is 5.69 Å². The summed E-state index contributed by atoms with van der Waals surface area (Å²) in [6.07, 6.45) is 1.48. The fourth-order valence-electron chi connectivity index (χ4n) is 3.41. The Hall–Kier alpha value is -3.76. The number of carboxylic acid groups (broad SMARTS) is 1. The summed E-state index contributed by atoms with van der Waals surface area (Å²) < 4.78 is 5.90. The number of aryl methyl sites for hydroxylation is 1. The Labute approximate surface area is 197 Å². The van der Waals surface area contributed by atoms with Gasteiger partial charge in [0.15, 0.2) is 6.04 Å². The number of furan rings is 1. The number of benzene rings is 2. The lowest BCUT2D eigenvalue weighted by atomic mass is 10.1. The first-order chi connectivity index (χ1) is 15.8. The number of amides is 1. The van der Waals surface area contributed by atoms with Gasteiger partial charge >= 0.3 is 5.97 Å². The third-order valence-electron chi connectivity index (χ3n) is 5.02. The summed E-state index contributed by atoms with van der Waals surface area (Å²) >= 11 is 6.30. The van der Waals surface area contributed by atoms with E-state index in [1.165, 1.54) is 12.1 Å². The van der Waals surface area contributed by atoms with Crippen molar-refractivity contribution in [1.29, 1.82) is 0 Å². The van der Waals surface area contributed by atoms with E-state index in [-0.39, 0.29) is 14.9 Å². The van der Waals surface area contributed by atoms with E-state index in [1.807, 2.05) is 0 Å². The molecule has 1 N–H and O–H groups in total. The molecule has 10 heteroatoms. The van der Waals surface area contributed by atoms with Crippen molar-refractivity contribution < 1.29 is 24.0 Å². The monoisotopic (exact) mass is 480 g/mol. The molecule has 4 rings (SSSR count). The van der Waals surface area contributed by atoms with E-state index in [0.717, 1.165) is 16.7 Å². The van der Waals surface area contributed by atoms with Gasteiger partial charge < -0.3 is 9.52 Å². The largest absolute Gasteiger partial charge is 0.479 e. The topological polar surface area (TPSA) is 114 Å². The summed E-state index contributed by atoms with van der Waals surface area (Å²) in [5.41, 5.74) is 1.47. The Morgan fingerprint density at radius 1 is 1.21 bits per heavy atom. The van der Waals surface area contributed by atoms with Gasteiger partial charge in [-0.15, -0.1) is 0 Å². The summed E-state index contributed by atoms with van der Waals surface area (Å²) in [6, 6.07) is 15.2. The van der Waals surface area contributed by atoms with Gasteiger partial charge in [-0.2, -0.15) is 0 Å². The standard InChI is InChI=1S/C23H16N2O6S2/c1-13-7-8-15(11-17(13)25(29)30)18-10-9-16(31-18)12-19-21(26)24(23(32)33-19)20(22(27)28)14-5-3-2-4-6-14/h2-12,20H,1H3,(H,27,28)/b19-12+. The molecular weight excluding hydrogens is 464 g/mol. The van der Waals surface area contributed by atoms with Crippen molar-refractivity contribution in [3.05, 3.63) is 92.6 Å². The van der Waals surface area contributed by atoms with Crippen LogP contribution in [0.15, 0.2) is 70.0 Å². The highest BCUT2D eigenvalue weighted by atomic mass is 32.2. The number of carboxylic acids is 1. The van der Waals surface area contributed by atoms with E-state index in [1.54, 1.807) is 61.5 Å². The molecule has 8 nitrogen and oxygen atoms in total. The van der Waals surface area contributed by atoms with Gasteiger partial charge in [-0.3, -0.25) is 19.8 Å². The first-order valence-corrected chi connectivity index (χ1v) is 10.9. The predicted octanol–water partition coefficient (Wildman–Crippen LogP) is 5.19.